The van der Waals surface area contributed by atoms with Crippen LogP contribution in [0.25, 0.3) is 0 Å². The zero-order chi connectivity index (χ0) is 24.0. The highest BCUT2D eigenvalue weighted by molar-refractivity contribution is 7.91. The number of rotatable bonds is 8. The lowest BCUT2D eigenvalue weighted by molar-refractivity contribution is -0.115. The predicted octanol–water partition coefficient (Wildman–Crippen LogP) is 3.95. The number of nitrogens with zero attached hydrogens (tertiary/aromatic N) is 2. The fourth-order valence-electron chi connectivity index (χ4n) is 4.02. The van der Waals surface area contributed by atoms with Crippen LogP contribution >= 0.6 is 0 Å². The number of sulfone groups is 1. The molecule has 1 aliphatic heterocycles. The van der Waals surface area contributed by atoms with Gasteiger partial charge in [0, 0.05) is 50.5 Å². The predicted molar refractivity (Wildman–Crippen MR) is 132 cm³/mol. The topological polar surface area (TPSA) is 69.7 Å². The SMILES string of the molecule is O=C(CCS(=O)(=O)c1ccccc1F)Nc1ccc(N2CCN(Cc3ccccc3)CC2)cc1. The normalized spacial score (nSPS) is 14.7. The van der Waals surface area contributed by atoms with Crippen molar-refractivity contribution in [3.05, 3.63) is 90.2 Å². The van der Waals surface area contributed by atoms with Gasteiger partial charge in [-0.25, -0.2) is 12.8 Å². The molecule has 0 atom stereocenters. The molecule has 0 spiro atoms. The highest BCUT2D eigenvalue weighted by Crippen LogP contribution is 2.21. The fourth-order valence-corrected chi connectivity index (χ4v) is 5.34. The van der Waals surface area contributed by atoms with Crippen LogP contribution < -0.4 is 10.2 Å². The van der Waals surface area contributed by atoms with Crippen LogP contribution in [-0.4, -0.2) is 51.2 Å². The van der Waals surface area contributed by atoms with E-state index in [1.807, 2.05) is 30.3 Å². The summed E-state index contributed by atoms with van der Waals surface area (Å²) in [7, 11) is -3.87. The van der Waals surface area contributed by atoms with E-state index in [9.17, 15) is 17.6 Å². The molecular formula is C26H28FN3O3S. The fraction of sp³-hybridized carbons (Fsp3) is 0.269. The first-order chi connectivity index (χ1) is 16.4. The van der Waals surface area contributed by atoms with Crippen molar-refractivity contribution >= 4 is 27.1 Å². The van der Waals surface area contributed by atoms with E-state index in [0.717, 1.165) is 44.5 Å². The molecule has 0 unspecified atom stereocenters. The number of piperazine rings is 1. The van der Waals surface area contributed by atoms with Gasteiger partial charge in [-0.15, -0.1) is 0 Å². The first kappa shape index (κ1) is 23.9. The Balaban J connectivity index is 1.25. The minimum atomic E-state index is -3.87. The number of benzene rings is 3. The van der Waals surface area contributed by atoms with Gasteiger partial charge in [0.1, 0.15) is 10.7 Å². The molecule has 1 heterocycles. The van der Waals surface area contributed by atoms with Crippen molar-refractivity contribution in [1.82, 2.24) is 4.90 Å². The summed E-state index contributed by atoms with van der Waals surface area (Å²) in [5, 5.41) is 2.72. The van der Waals surface area contributed by atoms with Crippen LogP contribution in [0, 0.1) is 5.82 Å². The minimum absolute atomic E-state index is 0.248. The Hall–Kier alpha value is -3.23. The van der Waals surface area contributed by atoms with E-state index < -0.39 is 27.3 Å². The molecule has 6 nitrogen and oxygen atoms in total. The van der Waals surface area contributed by atoms with E-state index >= 15 is 0 Å². The molecule has 0 aliphatic carbocycles. The first-order valence-electron chi connectivity index (χ1n) is 11.3. The van der Waals surface area contributed by atoms with E-state index in [1.165, 1.54) is 23.8 Å². The van der Waals surface area contributed by atoms with Gasteiger partial charge in [-0.05, 0) is 42.0 Å². The standard InChI is InChI=1S/C26H28FN3O3S/c27-24-8-4-5-9-25(24)34(32,33)19-14-26(31)28-22-10-12-23(13-11-22)30-17-15-29(16-18-30)20-21-6-2-1-3-7-21/h1-13H,14-20H2,(H,28,31). The van der Waals surface area contributed by atoms with Crippen molar-refractivity contribution in [2.24, 2.45) is 0 Å². The minimum Gasteiger partial charge on any atom is -0.369 e. The van der Waals surface area contributed by atoms with Gasteiger partial charge in [0.25, 0.3) is 0 Å². The van der Waals surface area contributed by atoms with Gasteiger partial charge in [0.05, 0.1) is 5.75 Å². The summed E-state index contributed by atoms with van der Waals surface area (Å²) in [6.45, 7) is 4.75. The molecule has 8 heteroatoms. The summed E-state index contributed by atoms with van der Waals surface area (Å²) in [6.07, 6.45) is -0.248. The van der Waals surface area contributed by atoms with E-state index in [2.05, 4.69) is 39.4 Å². The maximum absolute atomic E-state index is 13.8. The number of hydrogen-bond donors (Lipinski definition) is 1. The number of nitrogens with one attached hydrogen (secondary N) is 1. The second-order valence-corrected chi connectivity index (χ2v) is 10.4. The maximum Gasteiger partial charge on any atom is 0.225 e. The van der Waals surface area contributed by atoms with E-state index in [1.54, 1.807) is 0 Å². The molecule has 0 saturated carbocycles. The van der Waals surface area contributed by atoms with Gasteiger partial charge in [-0.1, -0.05) is 42.5 Å². The number of amides is 1. The van der Waals surface area contributed by atoms with Crippen LogP contribution in [0.1, 0.15) is 12.0 Å². The lowest BCUT2D eigenvalue weighted by Crippen LogP contribution is -2.45. The third-order valence-corrected chi connectivity index (χ3v) is 7.65. The van der Waals surface area contributed by atoms with Gasteiger partial charge in [0.2, 0.25) is 5.91 Å². The van der Waals surface area contributed by atoms with E-state index in [-0.39, 0.29) is 11.3 Å². The number of anilines is 2. The third-order valence-electron chi connectivity index (χ3n) is 5.91. The first-order valence-corrected chi connectivity index (χ1v) is 12.9. The quantitative estimate of drug-likeness (QED) is 0.528. The molecule has 1 aliphatic rings. The summed E-state index contributed by atoms with van der Waals surface area (Å²) in [5.74, 6) is -1.69. The van der Waals surface area contributed by atoms with Crippen molar-refractivity contribution < 1.29 is 17.6 Å². The Labute approximate surface area is 199 Å². The molecule has 1 N–H and O–H groups in total. The van der Waals surface area contributed by atoms with Crippen LogP contribution in [0.15, 0.2) is 83.8 Å². The molecular weight excluding hydrogens is 453 g/mol. The van der Waals surface area contributed by atoms with Crippen molar-refractivity contribution in [3.8, 4) is 0 Å². The molecule has 3 aromatic rings. The molecule has 1 fully saturated rings. The van der Waals surface area contributed by atoms with Crippen LogP contribution in [0.3, 0.4) is 0 Å². The Kier molecular flexibility index (Phi) is 7.59. The highest BCUT2D eigenvalue weighted by Gasteiger charge is 2.20. The maximum atomic E-state index is 13.8. The summed E-state index contributed by atoms with van der Waals surface area (Å²) in [6, 6.07) is 23.2. The lowest BCUT2D eigenvalue weighted by Gasteiger charge is -2.36. The van der Waals surface area contributed by atoms with Crippen LogP contribution in [0.4, 0.5) is 15.8 Å². The largest absolute Gasteiger partial charge is 0.369 e. The summed E-state index contributed by atoms with van der Waals surface area (Å²) in [5.41, 5.74) is 3.00. The number of carbonyl (C=O) groups excluding carboxylic acids is 1. The Morgan fingerprint density at radius 1 is 0.853 bits per heavy atom. The average molecular weight is 482 g/mol. The van der Waals surface area contributed by atoms with Gasteiger partial charge in [-0.3, -0.25) is 9.69 Å². The molecule has 0 bridgehead atoms. The van der Waals surface area contributed by atoms with Crippen LogP contribution in [0.5, 0.6) is 0 Å². The Morgan fingerprint density at radius 3 is 2.18 bits per heavy atom. The molecule has 1 amide bonds. The molecule has 34 heavy (non-hydrogen) atoms. The van der Waals surface area contributed by atoms with Gasteiger partial charge >= 0.3 is 0 Å². The number of carbonyl (C=O) groups is 1. The molecule has 0 radical (unpaired) electrons. The van der Waals surface area contributed by atoms with Crippen LogP contribution in [0.2, 0.25) is 0 Å². The van der Waals surface area contributed by atoms with E-state index in [4.69, 9.17) is 0 Å². The smallest absolute Gasteiger partial charge is 0.225 e. The average Bonchev–Trinajstić information content (AvgIpc) is 2.85. The third kappa shape index (κ3) is 6.21. The Bertz CT molecular complexity index is 1210. The molecule has 178 valence electrons. The second kappa shape index (κ2) is 10.8. The van der Waals surface area contributed by atoms with Crippen molar-refractivity contribution in [2.75, 3.05) is 42.1 Å². The van der Waals surface area contributed by atoms with Crippen molar-refractivity contribution in [2.45, 2.75) is 17.9 Å². The monoisotopic (exact) mass is 481 g/mol. The van der Waals surface area contributed by atoms with Gasteiger partial charge in [0.15, 0.2) is 9.84 Å². The van der Waals surface area contributed by atoms with Crippen molar-refractivity contribution in [1.29, 1.82) is 0 Å². The zero-order valence-electron chi connectivity index (χ0n) is 18.9. The van der Waals surface area contributed by atoms with Crippen LogP contribution in [-0.2, 0) is 21.2 Å². The lowest BCUT2D eigenvalue weighted by atomic mass is 10.2. The second-order valence-electron chi connectivity index (χ2n) is 8.34. The molecule has 4 rings (SSSR count). The number of halogens is 1. The van der Waals surface area contributed by atoms with Crippen molar-refractivity contribution in [3.63, 3.8) is 0 Å². The zero-order valence-corrected chi connectivity index (χ0v) is 19.7. The van der Waals surface area contributed by atoms with Gasteiger partial charge in [-0.2, -0.15) is 0 Å². The molecule has 1 saturated heterocycles. The summed E-state index contributed by atoms with van der Waals surface area (Å²) >= 11 is 0. The Morgan fingerprint density at radius 2 is 1.50 bits per heavy atom. The molecule has 3 aromatic carbocycles. The van der Waals surface area contributed by atoms with E-state index in [0.29, 0.717) is 5.69 Å². The number of hydrogen-bond acceptors (Lipinski definition) is 5. The highest BCUT2D eigenvalue weighted by atomic mass is 32.2. The summed E-state index contributed by atoms with van der Waals surface area (Å²) in [4.78, 5) is 16.6. The summed E-state index contributed by atoms with van der Waals surface area (Å²) < 4.78 is 38.4. The molecule has 0 aromatic heterocycles. The van der Waals surface area contributed by atoms with Gasteiger partial charge < -0.3 is 10.2 Å².